The van der Waals surface area contributed by atoms with Gasteiger partial charge in [-0.25, -0.2) is 0 Å². The first-order valence-corrected chi connectivity index (χ1v) is 5.78. The smallest absolute Gasteiger partial charge is 0.193 e. The standard InChI is InChI=1S/C13H16N4.HI/c1-17-8-7-16-13(17)15-6-5-11-3-2-4-12(9-11)10-14;/h2-4,9H,5-8H2,1H3,(H,15,16);1H. The fourth-order valence-corrected chi connectivity index (χ4v) is 1.84. The number of nitrogens with zero attached hydrogens (tertiary/aromatic N) is 3. The van der Waals surface area contributed by atoms with Gasteiger partial charge in [0.1, 0.15) is 0 Å². The van der Waals surface area contributed by atoms with Crippen LogP contribution in [0.3, 0.4) is 0 Å². The van der Waals surface area contributed by atoms with Crippen molar-refractivity contribution in [2.24, 2.45) is 4.99 Å². The van der Waals surface area contributed by atoms with Crippen molar-refractivity contribution in [3.63, 3.8) is 0 Å². The molecule has 1 aromatic carbocycles. The van der Waals surface area contributed by atoms with Gasteiger partial charge in [0.15, 0.2) is 5.96 Å². The molecule has 0 saturated carbocycles. The first kappa shape index (κ1) is 14.8. The van der Waals surface area contributed by atoms with Crippen LogP contribution in [0, 0.1) is 11.3 Å². The van der Waals surface area contributed by atoms with Crippen molar-refractivity contribution in [3.05, 3.63) is 35.4 Å². The lowest BCUT2D eigenvalue weighted by Crippen LogP contribution is -2.36. The van der Waals surface area contributed by atoms with Crippen LogP contribution in [0.1, 0.15) is 11.1 Å². The number of guanidine groups is 1. The zero-order valence-corrected chi connectivity index (χ0v) is 12.7. The summed E-state index contributed by atoms with van der Waals surface area (Å²) in [4.78, 5) is 6.48. The van der Waals surface area contributed by atoms with Gasteiger partial charge in [0.05, 0.1) is 18.2 Å². The van der Waals surface area contributed by atoms with E-state index < -0.39 is 0 Å². The fourth-order valence-electron chi connectivity index (χ4n) is 1.84. The summed E-state index contributed by atoms with van der Waals surface area (Å²) in [6.45, 7) is 2.72. The largest absolute Gasteiger partial charge is 0.356 e. The predicted octanol–water partition coefficient (Wildman–Crippen LogP) is 1.61. The third-order valence-corrected chi connectivity index (χ3v) is 2.81. The third kappa shape index (κ3) is 3.88. The molecule has 1 aliphatic heterocycles. The van der Waals surface area contributed by atoms with Crippen LogP contribution < -0.4 is 5.32 Å². The maximum atomic E-state index is 8.80. The minimum atomic E-state index is 0. The van der Waals surface area contributed by atoms with Gasteiger partial charge in [0.2, 0.25) is 0 Å². The van der Waals surface area contributed by atoms with E-state index in [9.17, 15) is 0 Å². The van der Waals surface area contributed by atoms with E-state index in [0.717, 1.165) is 37.6 Å². The number of benzene rings is 1. The molecule has 1 N–H and O–H groups in total. The third-order valence-electron chi connectivity index (χ3n) is 2.81. The molecule has 1 aliphatic rings. The lowest BCUT2D eigenvalue weighted by atomic mass is 10.1. The Morgan fingerprint density at radius 1 is 1.50 bits per heavy atom. The van der Waals surface area contributed by atoms with Gasteiger partial charge in [-0.2, -0.15) is 5.26 Å². The number of likely N-dealkylation sites (N-methyl/N-ethyl adjacent to an activating group) is 1. The van der Waals surface area contributed by atoms with Crippen molar-refractivity contribution in [1.82, 2.24) is 10.2 Å². The summed E-state index contributed by atoms with van der Waals surface area (Å²) in [5, 5.41) is 12.1. The maximum Gasteiger partial charge on any atom is 0.193 e. The van der Waals surface area contributed by atoms with Gasteiger partial charge in [0, 0.05) is 20.1 Å². The highest BCUT2D eigenvalue weighted by atomic mass is 127. The normalized spacial score (nSPS) is 13.6. The van der Waals surface area contributed by atoms with E-state index in [1.807, 2.05) is 31.3 Å². The Morgan fingerprint density at radius 3 is 3.00 bits per heavy atom. The summed E-state index contributed by atoms with van der Waals surface area (Å²) in [7, 11) is 2.04. The van der Waals surface area contributed by atoms with Crippen molar-refractivity contribution >= 4 is 29.9 Å². The molecule has 0 radical (unpaired) electrons. The van der Waals surface area contributed by atoms with E-state index in [0.29, 0.717) is 0 Å². The molecule has 0 saturated heterocycles. The number of aliphatic imine (C=N–C) groups is 1. The van der Waals surface area contributed by atoms with Crippen LogP contribution in [0.2, 0.25) is 0 Å². The van der Waals surface area contributed by atoms with E-state index in [1.165, 1.54) is 5.56 Å². The monoisotopic (exact) mass is 356 g/mol. The highest BCUT2D eigenvalue weighted by molar-refractivity contribution is 14.0. The quantitative estimate of drug-likeness (QED) is 0.838. The highest BCUT2D eigenvalue weighted by Crippen LogP contribution is 2.04. The predicted molar refractivity (Wildman–Crippen MR) is 83.2 cm³/mol. The minimum Gasteiger partial charge on any atom is -0.356 e. The molecule has 1 aromatic rings. The molecule has 2 rings (SSSR count). The highest BCUT2D eigenvalue weighted by Gasteiger charge is 2.10. The van der Waals surface area contributed by atoms with E-state index >= 15 is 0 Å². The molecule has 0 unspecified atom stereocenters. The van der Waals surface area contributed by atoms with Gasteiger partial charge in [-0.15, -0.1) is 24.0 Å². The SMILES string of the molecule is CN1CCN=C1NCCc1cccc(C#N)c1.I. The molecule has 1 heterocycles. The van der Waals surface area contributed by atoms with Crippen molar-refractivity contribution in [2.45, 2.75) is 6.42 Å². The molecule has 0 aliphatic carbocycles. The van der Waals surface area contributed by atoms with Crippen LogP contribution in [0.15, 0.2) is 29.3 Å². The molecule has 0 fully saturated rings. The second kappa shape index (κ2) is 7.21. The van der Waals surface area contributed by atoms with E-state index in [2.05, 4.69) is 21.3 Å². The van der Waals surface area contributed by atoms with Crippen LogP contribution in [-0.4, -0.2) is 37.5 Å². The van der Waals surface area contributed by atoms with Crippen LogP contribution in [-0.2, 0) is 6.42 Å². The zero-order chi connectivity index (χ0) is 12.1. The topological polar surface area (TPSA) is 51.4 Å². The van der Waals surface area contributed by atoms with Gasteiger partial charge in [-0.1, -0.05) is 12.1 Å². The second-order valence-electron chi connectivity index (χ2n) is 4.12. The van der Waals surface area contributed by atoms with E-state index in [1.54, 1.807) is 0 Å². The Kier molecular flexibility index (Phi) is 5.92. The maximum absolute atomic E-state index is 8.80. The lowest BCUT2D eigenvalue weighted by Gasteiger charge is -2.15. The lowest BCUT2D eigenvalue weighted by molar-refractivity contribution is 0.534. The Balaban J connectivity index is 0.00000162. The summed E-state index contributed by atoms with van der Waals surface area (Å²) >= 11 is 0. The molecule has 0 aromatic heterocycles. The number of halogens is 1. The number of hydrogen-bond donors (Lipinski definition) is 1. The zero-order valence-electron chi connectivity index (χ0n) is 10.4. The van der Waals surface area contributed by atoms with Gasteiger partial charge >= 0.3 is 0 Å². The molecule has 5 heteroatoms. The summed E-state index contributed by atoms with van der Waals surface area (Å²) in [5.41, 5.74) is 1.90. The molecule has 96 valence electrons. The Labute approximate surface area is 125 Å². The second-order valence-corrected chi connectivity index (χ2v) is 4.12. The first-order valence-electron chi connectivity index (χ1n) is 5.78. The van der Waals surface area contributed by atoms with Crippen LogP contribution >= 0.6 is 24.0 Å². The van der Waals surface area contributed by atoms with Crippen molar-refractivity contribution in [3.8, 4) is 6.07 Å². The average Bonchev–Trinajstić information content (AvgIpc) is 2.76. The molecule has 0 amide bonds. The van der Waals surface area contributed by atoms with Crippen LogP contribution in [0.5, 0.6) is 0 Å². The van der Waals surface area contributed by atoms with Gasteiger partial charge in [-0.05, 0) is 24.1 Å². The number of nitrogens with one attached hydrogen (secondary N) is 1. The molecular weight excluding hydrogens is 339 g/mol. The summed E-state index contributed by atoms with van der Waals surface area (Å²) < 4.78 is 0. The summed E-state index contributed by atoms with van der Waals surface area (Å²) in [5.74, 6) is 0.974. The number of nitriles is 1. The van der Waals surface area contributed by atoms with Crippen LogP contribution in [0.4, 0.5) is 0 Å². The number of hydrogen-bond acceptors (Lipinski definition) is 4. The molecule has 0 bridgehead atoms. The molecule has 18 heavy (non-hydrogen) atoms. The number of rotatable bonds is 3. The molecular formula is C13H17IN4. The van der Waals surface area contributed by atoms with Crippen LogP contribution in [0.25, 0.3) is 0 Å². The van der Waals surface area contributed by atoms with Gasteiger partial charge < -0.3 is 10.2 Å². The van der Waals surface area contributed by atoms with Crippen molar-refractivity contribution in [1.29, 1.82) is 5.26 Å². The fraction of sp³-hybridized carbons (Fsp3) is 0.385. The Hall–Kier alpha value is -1.29. The van der Waals surface area contributed by atoms with Crippen molar-refractivity contribution < 1.29 is 0 Å². The van der Waals surface area contributed by atoms with Gasteiger partial charge in [0.25, 0.3) is 0 Å². The first-order chi connectivity index (χ1) is 8.29. The minimum absolute atomic E-state index is 0. The summed E-state index contributed by atoms with van der Waals surface area (Å²) in [6.07, 6.45) is 0.905. The molecule has 0 atom stereocenters. The van der Waals surface area contributed by atoms with E-state index in [4.69, 9.17) is 5.26 Å². The van der Waals surface area contributed by atoms with Gasteiger partial charge in [-0.3, -0.25) is 4.99 Å². The molecule has 4 nitrogen and oxygen atoms in total. The Bertz CT molecular complexity index is 464. The van der Waals surface area contributed by atoms with Crippen molar-refractivity contribution in [2.75, 3.05) is 26.7 Å². The average molecular weight is 356 g/mol. The Morgan fingerprint density at radius 2 is 2.33 bits per heavy atom. The molecule has 0 spiro atoms. The van der Waals surface area contributed by atoms with E-state index in [-0.39, 0.29) is 24.0 Å². The summed E-state index contributed by atoms with van der Waals surface area (Å²) in [6, 6.07) is 9.88.